The molecule has 0 spiro atoms. The molecular weight excluding hydrogens is 491 g/mol. The van der Waals surface area contributed by atoms with Crippen LogP contribution < -0.4 is 0 Å². The molecule has 3 heterocycles. The van der Waals surface area contributed by atoms with E-state index in [1.54, 1.807) is 4.90 Å². The first kappa shape index (κ1) is 25.8. The lowest BCUT2D eigenvalue weighted by Crippen LogP contribution is -2.51. The van der Waals surface area contributed by atoms with Gasteiger partial charge in [-0.05, 0) is 48.6 Å². The van der Waals surface area contributed by atoms with Gasteiger partial charge in [-0.15, -0.1) is 0 Å². The van der Waals surface area contributed by atoms with Gasteiger partial charge in [-0.1, -0.05) is 42.5 Å². The first-order chi connectivity index (χ1) is 18.3. The van der Waals surface area contributed by atoms with E-state index in [0.29, 0.717) is 51.9 Å². The molecule has 2 aromatic carbocycles. The smallest absolute Gasteiger partial charge is 0.325 e. The summed E-state index contributed by atoms with van der Waals surface area (Å²) < 4.78 is 39.4. The number of rotatable bonds is 4. The van der Waals surface area contributed by atoms with E-state index in [9.17, 15) is 23.2 Å². The second-order valence-electron chi connectivity index (χ2n) is 10.3. The number of amides is 2. The van der Waals surface area contributed by atoms with Crippen LogP contribution in [0, 0.1) is 17.2 Å². The van der Waals surface area contributed by atoms with Crippen molar-refractivity contribution in [3.8, 4) is 6.07 Å². The van der Waals surface area contributed by atoms with Gasteiger partial charge in [0.25, 0.3) is 0 Å². The molecule has 198 valence electrons. The first-order valence-electron chi connectivity index (χ1n) is 13.0. The van der Waals surface area contributed by atoms with Gasteiger partial charge in [-0.3, -0.25) is 5.10 Å². The van der Waals surface area contributed by atoms with Gasteiger partial charge in [-0.2, -0.15) is 23.5 Å². The molecule has 0 saturated carbocycles. The fourth-order valence-corrected chi connectivity index (χ4v) is 5.55. The van der Waals surface area contributed by atoms with E-state index >= 15 is 0 Å². The molecule has 6 nitrogen and oxygen atoms in total. The number of likely N-dealkylation sites (tertiary alicyclic amines) is 2. The number of hydrogen-bond donors (Lipinski definition) is 1. The molecule has 2 aliphatic heterocycles. The van der Waals surface area contributed by atoms with Gasteiger partial charge in [0.05, 0.1) is 17.3 Å². The zero-order chi connectivity index (χ0) is 26.7. The van der Waals surface area contributed by atoms with E-state index in [-0.39, 0.29) is 23.8 Å². The lowest BCUT2D eigenvalue weighted by molar-refractivity contribution is -0.137. The molecule has 1 aromatic heterocycles. The second-order valence-corrected chi connectivity index (χ2v) is 10.3. The Morgan fingerprint density at radius 3 is 2.34 bits per heavy atom. The third-order valence-corrected chi connectivity index (χ3v) is 7.68. The third kappa shape index (κ3) is 5.85. The quantitative estimate of drug-likeness (QED) is 0.461. The number of halogens is 3. The standard InChI is InChI=1S/C29H30F3N5O/c30-29(31,32)25-8-6-22(7-9-25)23-15-24(27-16-26(34-35-27)14-20-4-2-1-3-5-20)19-37(18-23)28(38)36-12-10-21(17-33)11-13-36/h1-9,16,21,23-24H,10-15,18-19H2,(H,34,35). The summed E-state index contributed by atoms with van der Waals surface area (Å²) in [6.07, 6.45) is -1.69. The first-order valence-corrected chi connectivity index (χ1v) is 13.0. The summed E-state index contributed by atoms with van der Waals surface area (Å²) in [5, 5.41) is 16.9. The predicted octanol–water partition coefficient (Wildman–Crippen LogP) is 5.95. The summed E-state index contributed by atoms with van der Waals surface area (Å²) in [6.45, 7) is 1.99. The minimum Gasteiger partial charge on any atom is -0.325 e. The molecule has 2 fully saturated rings. The topological polar surface area (TPSA) is 76.0 Å². The van der Waals surface area contributed by atoms with Gasteiger partial charge >= 0.3 is 12.2 Å². The minimum atomic E-state index is -4.39. The fraction of sp³-hybridized carbons (Fsp3) is 0.414. The van der Waals surface area contributed by atoms with Crippen molar-refractivity contribution >= 4 is 6.03 Å². The zero-order valence-corrected chi connectivity index (χ0v) is 21.0. The molecule has 0 bridgehead atoms. The van der Waals surface area contributed by atoms with Crippen LogP contribution in [-0.2, 0) is 12.6 Å². The van der Waals surface area contributed by atoms with Crippen LogP contribution in [0.4, 0.5) is 18.0 Å². The number of benzene rings is 2. The number of alkyl halides is 3. The Labute approximate surface area is 220 Å². The molecule has 9 heteroatoms. The summed E-state index contributed by atoms with van der Waals surface area (Å²) in [4.78, 5) is 17.1. The zero-order valence-electron chi connectivity index (χ0n) is 21.0. The monoisotopic (exact) mass is 521 g/mol. The highest BCUT2D eigenvalue weighted by Crippen LogP contribution is 2.37. The molecule has 0 aliphatic carbocycles. The molecule has 0 radical (unpaired) electrons. The van der Waals surface area contributed by atoms with Crippen molar-refractivity contribution < 1.29 is 18.0 Å². The molecule has 2 saturated heterocycles. The Balaban J connectivity index is 1.37. The van der Waals surface area contributed by atoms with Crippen LogP contribution in [0.2, 0.25) is 0 Å². The van der Waals surface area contributed by atoms with E-state index in [2.05, 4.69) is 28.4 Å². The highest BCUT2D eigenvalue weighted by atomic mass is 19.4. The summed E-state index contributed by atoms with van der Waals surface area (Å²) in [5.41, 5.74) is 3.09. The van der Waals surface area contributed by atoms with Crippen LogP contribution in [0.5, 0.6) is 0 Å². The van der Waals surface area contributed by atoms with E-state index in [1.165, 1.54) is 12.1 Å². The molecule has 2 aliphatic rings. The van der Waals surface area contributed by atoms with Crippen molar-refractivity contribution in [3.05, 3.63) is 88.7 Å². The molecular formula is C29H30F3N5O. The van der Waals surface area contributed by atoms with Crippen LogP contribution in [0.1, 0.15) is 59.2 Å². The lowest BCUT2D eigenvalue weighted by atomic mass is 9.82. The average Bonchev–Trinajstić information content (AvgIpc) is 3.41. The Bertz CT molecular complexity index is 1270. The Hall–Kier alpha value is -3.80. The molecule has 2 unspecified atom stereocenters. The number of piperidine rings is 2. The van der Waals surface area contributed by atoms with Gasteiger partial charge in [0.1, 0.15) is 0 Å². The number of urea groups is 1. The lowest BCUT2D eigenvalue weighted by Gasteiger charge is -2.41. The number of nitriles is 1. The number of aromatic amines is 1. The molecule has 3 aromatic rings. The number of aromatic nitrogens is 2. The maximum atomic E-state index is 13.5. The van der Waals surface area contributed by atoms with Crippen molar-refractivity contribution in [3.63, 3.8) is 0 Å². The van der Waals surface area contributed by atoms with Crippen molar-refractivity contribution in [1.82, 2.24) is 20.0 Å². The number of nitrogens with one attached hydrogen (secondary N) is 1. The van der Waals surface area contributed by atoms with Gasteiger partial charge in [0.15, 0.2) is 0 Å². The second kappa shape index (κ2) is 10.9. The summed E-state index contributed by atoms with van der Waals surface area (Å²) in [5.74, 6) is -0.205. The molecule has 2 amide bonds. The summed E-state index contributed by atoms with van der Waals surface area (Å²) in [7, 11) is 0. The number of carbonyl (C=O) groups is 1. The van der Waals surface area contributed by atoms with E-state index in [4.69, 9.17) is 0 Å². The number of H-pyrrole nitrogens is 1. The van der Waals surface area contributed by atoms with Crippen LogP contribution in [0.25, 0.3) is 0 Å². The summed E-state index contributed by atoms with van der Waals surface area (Å²) in [6, 6.07) is 19.6. The maximum absolute atomic E-state index is 13.5. The van der Waals surface area contributed by atoms with Crippen LogP contribution in [0.15, 0.2) is 60.7 Å². The highest BCUT2D eigenvalue weighted by molar-refractivity contribution is 5.75. The predicted molar refractivity (Wildman–Crippen MR) is 136 cm³/mol. The van der Waals surface area contributed by atoms with E-state index < -0.39 is 11.7 Å². The Kier molecular flexibility index (Phi) is 7.41. The SMILES string of the molecule is N#CC1CCN(C(=O)N2CC(c3ccc(C(F)(F)F)cc3)CC(c3cc(Cc4ccccc4)[nH]n3)C2)CC1. The van der Waals surface area contributed by atoms with Gasteiger partial charge in [-0.25, -0.2) is 4.79 Å². The van der Waals surface area contributed by atoms with Crippen molar-refractivity contribution in [2.24, 2.45) is 5.92 Å². The largest absolute Gasteiger partial charge is 0.416 e. The number of carbonyl (C=O) groups excluding carboxylic acids is 1. The highest BCUT2D eigenvalue weighted by Gasteiger charge is 2.36. The van der Waals surface area contributed by atoms with E-state index in [1.807, 2.05) is 29.2 Å². The molecule has 5 rings (SSSR count). The van der Waals surface area contributed by atoms with Crippen LogP contribution >= 0.6 is 0 Å². The molecule has 1 N–H and O–H groups in total. The van der Waals surface area contributed by atoms with Crippen LogP contribution in [-0.4, -0.2) is 52.2 Å². The van der Waals surface area contributed by atoms with E-state index in [0.717, 1.165) is 34.6 Å². The van der Waals surface area contributed by atoms with Gasteiger partial charge < -0.3 is 9.80 Å². The van der Waals surface area contributed by atoms with Gasteiger partial charge in [0.2, 0.25) is 0 Å². The molecule has 2 atom stereocenters. The Morgan fingerprint density at radius 2 is 1.68 bits per heavy atom. The van der Waals surface area contributed by atoms with Crippen LogP contribution in [0.3, 0.4) is 0 Å². The normalized spacial score (nSPS) is 20.8. The third-order valence-electron chi connectivity index (χ3n) is 7.68. The van der Waals surface area contributed by atoms with Crippen molar-refractivity contribution in [2.75, 3.05) is 26.2 Å². The van der Waals surface area contributed by atoms with Gasteiger partial charge in [0, 0.05) is 56.0 Å². The fourth-order valence-electron chi connectivity index (χ4n) is 5.55. The average molecular weight is 522 g/mol. The van der Waals surface area contributed by atoms with Crippen molar-refractivity contribution in [1.29, 1.82) is 5.26 Å². The maximum Gasteiger partial charge on any atom is 0.416 e. The summed E-state index contributed by atoms with van der Waals surface area (Å²) >= 11 is 0. The number of hydrogen-bond acceptors (Lipinski definition) is 3. The minimum absolute atomic E-state index is 0.0276. The number of nitrogens with zero attached hydrogens (tertiary/aromatic N) is 4. The van der Waals surface area contributed by atoms with Crippen molar-refractivity contribution in [2.45, 2.75) is 43.7 Å². The Morgan fingerprint density at radius 1 is 1.00 bits per heavy atom. The molecule has 38 heavy (non-hydrogen) atoms.